The van der Waals surface area contributed by atoms with Crippen LogP contribution in [-0.4, -0.2) is 37.5 Å². The number of carbonyl (C=O) groups excluding carboxylic acids is 1. The first-order valence-corrected chi connectivity index (χ1v) is 11.9. The lowest BCUT2D eigenvalue weighted by Crippen LogP contribution is -2.19. The minimum absolute atomic E-state index is 0.0127. The average molecular weight is 579 g/mol. The molecule has 0 radical (unpaired) electrons. The minimum atomic E-state index is -4.37. The van der Waals surface area contributed by atoms with E-state index in [9.17, 15) is 33.4 Å². The van der Waals surface area contributed by atoms with Crippen molar-refractivity contribution in [1.29, 1.82) is 0 Å². The van der Waals surface area contributed by atoms with E-state index >= 15 is 0 Å². The van der Waals surface area contributed by atoms with E-state index in [2.05, 4.69) is 26.5 Å². The lowest BCUT2D eigenvalue weighted by molar-refractivity contribution is -0.385. The Labute approximate surface area is 211 Å². The first-order chi connectivity index (χ1) is 17.0. The molecule has 1 amide bonds. The van der Waals surface area contributed by atoms with E-state index in [-0.39, 0.29) is 37.8 Å². The number of rotatable bonds is 9. The maximum Gasteiger partial charge on any atom is 0.339 e. The third-order valence-electron chi connectivity index (χ3n) is 4.51. The molecule has 3 aromatic carbocycles. The summed E-state index contributed by atoms with van der Waals surface area (Å²) in [5.74, 6) is -1.02. The molecule has 0 bridgehead atoms. The van der Waals surface area contributed by atoms with Gasteiger partial charge >= 0.3 is 10.1 Å². The zero-order chi connectivity index (χ0) is 26.5. The Hall–Kier alpha value is -4.37. The van der Waals surface area contributed by atoms with E-state index in [4.69, 9.17) is 8.92 Å². The summed E-state index contributed by atoms with van der Waals surface area (Å²) in [7, 11) is -3.10. The molecule has 15 heteroatoms. The van der Waals surface area contributed by atoms with Crippen molar-refractivity contribution >= 4 is 49.5 Å². The van der Waals surface area contributed by atoms with Gasteiger partial charge in [0.2, 0.25) is 0 Å². The molecule has 0 saturated carbocycles. The SMILES string of the molecule is COc1cc(/C=N\NC(=O)c2ccccc2[N+](=O)[O-])cc(Br)c1OS(=O)(=O)c1ccc([N+](=O)[O-])cc1. The lowest BCUT2D eigenvalue weighted by Gasteiger charge is -2.13. The van der Waals surface area contributed by atoms with Gasteiger partial charge < -0.3 is 8.92 Å². The summed E-state index contributed by atoms with van der Waals surface area (Å²) in [4.78, 5) is 32.5. The van der Waals surface area contributed by atoms with Crippen molar-refractivity contribution in [2.24, 2.45) is 5.10 Å². The van der Waals surface area contributed by atoms with Gasteiger partial charge in [-0.2, -0.15) is 13.5 Å². The van der Waals surface area contributed by atoms with Gasteiger partial charge in [-0.05, 0) is 51.8 Å². The van der Waals surface area contributed by atoms with Crippen molar-refractivity contribution in [3.63, 3.8) is 0 Å². The zero-order valence-electron chi connectivity index (χ0n) is 18.2. The van der Waals surface area contributed by atoms with Crippen LogP contribution in [0.4, 0.5) is 11.4 Å². The molecule has 0 aliphatic rings. The second-order valence-electron chi connectivity index (χ2n) is 6.80. The number of nitrogens with zero attached hydrogens (tertiary/aromatic N) is 3. The third-order valence-corrected chi connectivity index (χ3v) is 6.33. The number of non-ortho nitro benzene ring substituents is 1. The van der Waals surface area contributed by atoms with Crippen LogP contribution in [0.2, 0.25) is 0 Å². The minimum Gasteiger partial charge on any atom is -0.493 e. The standard InChI is InChI=1S/C21H15BrN4O9S/c1-34-19-11-13(12-23-24-21(27)16-4-2-3-5-18(16)26(30)31)10-17(22)20(19)35-36(32,33)15-8-6-14(7-9-15)25(28)29/h2-12H,1H3,(H,24,27)/b23-12-. The first kappa shape index (κ1) is 26.2. The van der Waals surface area contributed by atoms with Crippen LogP contribution in [-0.2, 0) is 10.1 Å². The fraction of sp³-hybridized carbons (Fsp3) is 0.0476. The van der Waals surface area contributed by atoms with E-state index in [1.165, 1.54) is 49.7 Å². The maximum atomic E-state index is 12.7. The Kier molecular flexibility index (Phi) is 7.96. The molecule has 0 saturated heterocycles. The second kappa shape index (κ2) is 10.9. The molecule has 0 aliphatic carbocycles. The number of nitro benzene ring substituents is 2. The highest BCUT2D eigenvalue weighted by Crippen LogP contribution is 2.38. The predicted molar refractivity (Wildman–Crippen MR) is 130 cm³/mol. The van der Waals surface area contributed by atoms with E-state index in [0.29, 0.717) is 5.56 Å². The van der Waals surface area contributed by atoms with E-state index < -0.39 is 25.9 Å². The number of halogens is 1. The van der Waals surface area contributed by atoms with E-state index in [1.54, 1.807) is 0 Å². The van der Waals surface area contributed by atoms with Gasteiger partial charge in [0.05, 0.1) is 27.6 Å². The van der Waals surface area contributed by atoms with Crippen molar-refractivity contribution in [1.82, 2.24) is 5.43 Å². The maximum absolute atomic E-state index is 12.7. The van der Waals surface area contributed by atoms with Crippen LogP contribution in [0.3, 0.4) is 0 Å². The van der Waals surface area contributed by atoms with Gasteiger partial charge in [0.1, 0.15) is 10.5 Å². The number of methoxy groups -OCH3 is 1. The molecule has 0 heterocycles. The molecule has 3 rings (SSSR count). The molecule has 3 aromatic rings. The number of nitrogens with one attached hydrogen (secondary N) is 1. The van der Waals surface area contributed by atoms with Crippen molar-refractivity contribution < 1.29 is 32.0 Å². The largest absolute Gasteiger partial charge is 0.493 e. The smallest absolute Gasteiger partial charge is 0.339 e. The molecule has 0 atom stereocenters. The van der Waals surface area contributed by atoms with Crippen LogP contribution in [0.5, 0.6) is 11.5 Å². The van der Waals surface area contributed by atoms with Crippen LogP contribution in [0.15, 0.2) is 75.1 Å². The molecule has 186 valence electrons. The fourth-order valence-corrected chi connectivity index (χ4v) is 4.44. The highest BCUT2D eigenvalue weighted by atomic mass is 79.9. The van der Waals surface area contributed by atoms with Gasteiger partial charge in [-0.1, -0.05) is 12.1 Å². The molecular formula is C21H15BrN4O9S. The number of hydrazone groups is 1. The Morgan fingerprint density at radius 3 is 2.33 bits per heavy atom. The lowest BCUT2D eigenvalue weighted by atomic mass is 10.2. The summed E-state index contributed by atoms with van der Waals surface area (Å²) in [6.07, 6.45) is 1.20. The number of carbonyl (C=O) groups is 1. The predicted octanol–water partition coefficient (Wildman–Crippen LogP) is 3.81. The zero-order valence-corrected chi connectivity index (χ0v) is 20.6. The number of benzene rings is 3. The van der Waals surface area contributed by atoms with E-state index in [0.717, 1.165) is 24.3 Å². The first-order valence-electron chi connectivity index (χ1n) is 9.67. The Morgan fingerprint density at radius 1 is 1.06 bits per heavy atom. The van der Waals surface area contributed by atoms with Gasteiger partial charge in [-0.15, -0.1) is 0 Å². The second-order valence-corrected chi connectivity index (χ2v) is 9.20. The molecule has 1 N–H and O–H groups in total. The highest BCUT2D eigenvalue weighted by molar-refractivity contribution is 9.10. The number of hydrogen-bond acceptors (Lipinski definition) is 10. The normalized spacial score (nSPS) is 11.2. The summed E-state index contributed by atoms with van der Waals surface area (Å²) in [5.41, 5.74) is 1.68. The monoisotopic (exact) mass is 578 g/mol. The molecule has 0 unspecified atom stereocenters. The highest BCUT2D eigenvalue weighted by Gasteiger charge is 2.23. The number of nitro groups is 2. The van der Waals surface area contributed by atoms with Gasteiger partial charge in [-0.3, -0.25) is 25.0 Å². The molecular weight excluding hydrogens is 564 g/mol. The number of ether oxygens (including phenoxy) is 1. The summed E-state index contributed by atoms with van der Waals surface area (Å²) < 4.78 is 35.9. The van der Waals surface area contributed by atoms with Gasteiger partial charge in [0.25, 0.3) is 17.3 Å². The van der Waals surface area contributed by atoms with Gasteiger partial charge in [0, 0.05) is 18.2 Å². The quantitative estimate of drug-likeness (QED) is 0.171. The fourth-order valence-electron chi connectivity index (χ4n) is 2.84. The average Bonchev–Trinajstić information content (AvgIpc) is 2.85. The van der Waals surface area contributed by atoms with Crippen molar-refractivity contribution in [3.8, 4) is 11.5 Å². The molecule has 0 spiro atoms. The summed E-state index contributed by atoms with van der Waals surface area (Å²) in [6.45, 7) is 0. The molecule has 0 aromatic heterocycles. The van der Waals surface area contributed by atoms with E-state index in [1.807, 2.05) is 0 Å². The third kappa shape index (κ3) is 6.00. The molecule has 13 nitrogen and oxygen atoms in total. The number of hydrogen-bond donors (Lipinski definition) is 1. The molecule has 0 fully saturated rings. The Morgan fingerprint density at radius 2 is 1.72 bits per heavy atom. The van der Waals surface area contributed by atoms with Crippen LogP contribution < -0.4 is 14.3 Å². The number of amides is 1. The Bertz CT molecular complexity index is 1480. The molecule has 36 heavy (non-hydrogen) atoms. The summed E-state index contributed by atoms with van der Waals surface area (Å²) in [5, 5.41) is 25.6. The van der Waals surface area contributed by atoms with Crippen molar-refractivity contribution in [3.05, 3.63) is 96.5 Å². The summed E-state index contributed by atoms with van der Waals surface area (Å²) in [6, 6.07) is 12.3. The van der Waals surface area contributed by atoms with Crippen LogP contribution in [0.25, 0.3) is 0 Å². The van der Waals surface area contributed by atoms with Gasteiger partial charge in [-0.25, -0.2) is 5.43 Å². The topological polar surface area (TPSA) is 180 Å². The molecule has 0 aliphatic heterocycles. The van der Waals surface area contributed by atoms with Crippen molar-refractivity contribution in [2.75, 3.05) is 7.11 Å². The Balaban J connectivity index is 1.81. The van der Waals surface area contributed by atoms with Crippen LogP contribution >= 0.6 is 15.9 Å². The van der Waals surface area contributed by atoms with Crippen LogP contribution in [0, 0.1) is 20.2 Å². The van der Waals surface area contributed by atoms with Crippen LogP contribution in [0.1, 0.15) is 15.9 Å². The summed E-state index contributed by atoms with van der Waals surface area (Å²) >= 11 is 3.20. The van der Waals surface area contributed by atoms with Crippen molar-refractivity contribution in [2.45, 2.75) is 4.90 Å². The van der Waals surface area contributed by atoms with Gasteiger partial charge in [0.15, 0.2) is 11.5 Å². The number of para-hydroxylation sites is 1.